The Labute approximate surface area is 204 Å². The van der Waals surface area contributed by atoms with Gasteiger partial charge in [0.05, 0.1) is 23.2 Å². The van der Waals surface area contributed by atoms with Crippen molar-refractivity contribution in [2.45, 2.75) is 19.4 Å². The van der Waals surface area contributed by atoms with Crippen LogP contribution in [0.15, 0.2) is 78.9 Å². The third-order valence-corrected chi connectivity index (χ3v) is 6.63. The van der Waals surface area contributed by atoms with E-state index in [9.17, 15) is 18.0 Å². The number of rotatable bonds is 9. The number of amides is 2. The number of para-hydroxylation sites is 1. The third-order valence-electron chi connectivity index (χ3n) is 5.14. The fourth-order valence-corrected chi connectivity index (χ4v) is 4.79. The van der Waals surface area contributed by atoms with Crippen molar-refractivity contribution in [1.82, 2.24) is 5.32 Å². The van der Waals surface area contributed by atoms with Crippen LogP contribution in [0.3, 0.4) is 0 Å². The van der Waals surface area contributed by atoms with Crippen LogP contribution in [0.1, 0.15) is 22.8 Å². The molecule has 0 bridgehead atoms. The van der Waals surface area contributed by atoms with Crippen molar-refractivity contribution in [2.75, 3.05) is 22.4 Å². The van der Waals surface area contributed by atoms with E-state index in [-0.39, 0.29) is 11.5 Å². The van der Waals surface area contributed by atoms with E-state index in [2.05, 4.69) is 10.6 Å². The van der Waals surface area contributed by atoms with E-state index in [1.807, 2.05) is 30.3 Å². The highest BCUT2D eigenvalue weighted by Crippen LogP contribution is 2.24. The predicted molar refractivity (Wildman–Crippen MR) is 136 cm³/mol. The van der Waals surface area contributed by atoms with E-state index in [0.29, 0.717) is 29.4 Å². The van der Waals surface area contributed by atoms with Gasteiger partial charge in [0.15, 0.2) is 0 Å². The maximum atomic E-state index is 13.0. The highest BCUT2D eigenvalue weighted by molar-refractivity contribution is 7.92. The number of benzene rings is 3. The number of carbonyl (C=O) groups excluding carboxylic acids is 2. The zero-order valence-corrected chi connectivity index (χ0v) is 20.4. The monoisotopic (exact) mass is 499 g/mol. The largest absolute Gasteiger partial charge is 0.352 e. The van der Waals surface area contributed by atoms with Crippen molar-refractivity contribution in [3.05, 3.63) is 95.0 Å². The van der Waals surface area contributed by atoms with E-state index in [1.165, 1.54) is 19.1 Å². The minimum atomic E-state index is -3.78. The molecule has 0 radical (unpaired) electrons. The Balaban J connectivity index is 1.73. The Kier molecular flexibility index (Phi) is 8.31. The summed E-state index contributed by atoms with van der Waals surface area (Å²) in [5, 5.41) is 6.01. The molecule has 2 amide bonds. The number of carbonyl (C=O) groups is 2. The standard InChI is InChI=1S/C25H26ClN3O4S/c1-18(29(34(2,32)33)21-14-12-20(26)13-15-21)24(30)28-23-11-7-6-10-22(23)25(31)27-17-16-19-8-4-3-5-9-19/h3-15,18H,16-17H2,1-2H3,(H,27,31)(H,28,30)/t18-/m0/s1. The van der Waals surface area contributed by atoms with E-state index in [1.54, 1.807) is 36.4 Å². The molecule has 178 valence electrons. The molecular formula is C25H26ClN3O4S. The van der Waals surface area contributed by atoms with Crippen molar-refractivity contribution < 1.29 is 18.0 Å². The molecule has 9 heteroatoms. The van der Waals surface area contributed by atoms with Crippen LogP contribution in [0.4, 0.5) is 11.4 Å². The van der Waals surface area contributed by atoms with Gasteiger partial charge in [-0.25, -0.2) is 8.42 Å². The normalized spacial score (nSPS) is 12.0. The van der Waals surface area contributed by atoms with Gasteiger partial charge in [0, 0.05) is 11.6 Å². The highest BCUT2D eigenvalue weighted by Gasteiger charge is 2.29. The molecule has 0 spiro atoms. The molecule has 0 unspecified atom stereocenters. The summed E-state index contributed by atoms with van der Waals surface area (Å²) in [4.78, 5) is 25.8. The van der Waals surface area contributed by atoms with Crippen LogP contribution in [-0.4, -0.2) is 39.1 Å². The number of hydrogen-bond acceptors (Lipinski definition) is 4. The Hall–Kier alpha value is -3.36. The SMILES string of the molecule is C[C@@H](C(=O)Nc1ccccc1C(=O)NCCc1ccccc1)N(c1ccc(Cl)cc1)S(C)(=O)=O. The smallest absolute Gasteiger partial charge is 0.253 e. The fraction of sp³-hybridized carbons (Fsp3) is 0.200. The number of nitrogens with one attached hydrogen (secondary N) is 2. The van der Waals surface area contributed by atoms with Gasteiger partial charge < -0.3 is 10.6 Å². The summed E-state index contributed by atoms with van der Waals surface area (Å²) in [7, 11) is -3.78. The summed E-state index contributed by atoms with van der Waals surface area (Å²) < 4.78 is 26.0. The Bertz CT molecular complexity index is 1250. The van der Waals surface area contributed by atoms with Gasteiger partial charge in [0.25, 0.3) is 5.91 Å². The van der Waals surface area contributed by atoms with Crippen LogP contribution >= 0.6 is 11.6 Å². The number of sulfonamides is 1. The van der Waals surface area contributed by atoms with E-state index < -0.39 is 22.0 Å². The second-order valence-electron chi connectivity index (χ2n) is 7.74. The summed E-state index contributed by atoms with van der Waals surface area (Å²) in [5.41, 5.74) is 1.98. The topological polar surface area (TPSA) is 95.6 Å². The molecular weight excluding hydrogens is 474 g/mol. The summed E-state index contributed by atoms with van der Waals surface area (Å²) in [5.74, 6) is -0.915. The highest BCUT2D eigenvalue weighted by atomic mass is 35.5. The summed E-state index contributed by atoms with van der Waals surface area (Å²) >= 11 is 5.91. The van der Waals surface area contributed by atoms with Gasteiger partial charge in [-0.1, -0.05) is 54.1 Å². The lowest BCUT2D eigenvalue weighted by atomic mass is 10.1. The molecule has 3 rings (SSSR count). The first-order chi connectivity index (χ1) is 16.2. The number of hydrogen-bond donors (Lipinski definition) is 2. The molecule has 0 saturated heterocycles. The van der Waals surface area contributed by atoms with Crippen molar-refractivity contribution in [3.8, 4) is 0 Å². The molecule has 0 aliphatic carbocycles. The molecule has 1 atom stereocenters. The lowest BCUT2D eigenvalue weighted by Crippen LogP contribution is -2.45. The quantitative estimate of drug-likeness (QED) is 0.463. The number of halogens is 1. The molecule has 3 aromatic rings. The Morgan fingerprint density at radius 3 is 2.21 bits per heavy atom. The van der Waals surface area contributed by atoms with E-state index in [0.717, 1.165) is 16.1 Å². The van der Waals surface area contributed by atoms with Gasteiger partial charge in [0.2, 0.25) is 15.9 Å². The summed E-state index contributed by atoms with van der Waals surface area (Å²) in [6.45, 7) is 1.91. The van der Waals surface area contributed by atoms with E-state index in [4.69, 9.17) is 11.6 Å². The van der Waals surface area contributed by atoms with Crippen LogP contribution in [-0.2, 0) is 21.2 Å². The zero-order chi connectivity index (χ0) is 24.7. The van der Waals surface area contributed by atoms with Crippen LogP contribution in [0.5, 0.6) is 0 Å². The second-order valence-corrected chi connectivity index (χ2v) is 10.0. The second kappa shape index (κ2) is 11.2. The number of nitrogens with zero attached hydrogens (tertiary/aromatic N) is 1. The van der Waals surface area contributed by atoms with Crippen LogP contribution in [0.25, 0.3) is 0 Å². The lowest BCUT2D eigenvalue weighted by Gasteiger charge is -2.28. The molecule has 0 aromatic heterocycles. The molecule has 0 aliphatic heterocycles. The molecule has 0 aliphatic rings. The first kappa shape index (κ1) is 25.3. The third kappa shape index (κ3) is 6.59. The minimum absolute atomic E-state index is 0.286. The lowest BCUT2D eigenvalue weighted by molar-refractivity contribution is -0.116. The molecule has 34 heavy (non-hydrogen) atoms. The van der Waals surface area contributed by atoms with Gasteiger partial charge in [0.1, 0.15) is 6.04 Å². The molecule has 0 saturated carbocycles. The van der Waals surface area contributed by atoms with Crippen LogP contribution in [0.2, 0.25) is 5.02 Å². The van der Waals surface area contributed by atoms with Gasteiger partial charge in [-0.15, -0.1) is 0 Å². The van der Waals surface area contributed by atoms with Crippen molar-refractivity contribution >= 4 is 44.8 Å². The van der Waals surface area contributed by atoms with Crippen molar-refractivity contribution in [2.24, 2.45) is 0 Å². The maximum absolute atomic E-state index is 13.0. The van der Waals surface area contributed by atoms with E-state index >= 15 is 0 Å². The Morgan fingerprint density at radius 2 is 1.56 bits per heavy atom. The van der Waals surface area contributed by atoms with Crippen molar-refractivity contribution in [1.29, 1.82) is 0 Å². The molecule has 0 heterocycles. The van der Waals surface area contributed by atoms with Gasteiger partial charge in [-0.05, 0) is 55.3 Å². The van der Waals surface area contributed by atoms with Crippen LogP contribution < -0.4 is 14.9 Å². The van der Waals surface area contributed by atoms with Crippen LogP contribution in [0, 0.1) is 0 Å². The van der Waals surface area contributed by atoms with Gasteiger partial charge in [-0.3, -0.25) is 13.9 Å². The Morgan fingerprint density at radius 1 is 0.941 bits per heavy atom. The average molecular weight is 500 g/mol. The summed E-state index contributed by atoms with van der Waals surface area (Å²) in [6.07, 6.45) is 1.70. The first-order valence-corrected chi connectivity index (χ1v) is 12.9. The number of anilines is 2. The summed E-state index contributed by atoms with van der Waals surface area (Å²) in [6, 6.07) is 21.4. The maximum Gasteiger partial charge on any atom is 0.253 e. The molecule has 7 nitrogen and oxygen atoms in total. The zero-order valence-electron chi connectivity index (χ0n) is 18.9. The molecule has 2 N–H and O–H groups in total. The van der Waals surface area contributed by atoms with Gasteiger partial charge in [-0.2, -0.15) is 0 Å². The predicted octanol–water partition coefficient (Wildman–Crippen LogP) is 4.11. The fourth-order valence-electron chi connectivity index (χ4n) is 3.48. The minimum Gasteiger partial charge on any atom is -0.352 e. The van der Waals surface area contributed by atoms with Gasteiger partial charge >= 0.3 is 0 Å². The van der Waals surface area contributed by atoms with Crippen molar-refractivity contribution in [3.63, 3.8) is 0 Å². The molecule has 0 fully saturated rings. The first-order valence-electron chi connectivity index (χ1n) is 10.6. The molecule has 3 aromatic carbocycles. The average Bonchev–Trinajstić information content (AvgIpc) is 2.80.